The number of hydrogen-bond donors (Lipinski definition) is 2. The molecule has 0 aliphatic heterocycles. The van der Waals surface area contributed by atoms with Gasteiger partial charge in [-0.3, -0.25) is 4.79 Å². The Morgan fingerprint density at radius 3 is 2.47 bits per heavy atom. The van der Waals surface area contributed by atoms with Crippen molar-refractivity contribution >= 4 is 28.3 Å². The van der Waals surface area contributed by atoms with E-state index in [2.05, 4.69) is 46.8 Å². The van der Waals surface area contributed by atoms with Gasteiger partial charge in [0.05, 0.1) is 31.0 Å². The molecule has 0 unspecified atom stereocenters. The zero-order valence-electron chi connectivity index (χ0n) is 21.0. The van der Waals surface area contributed by atoms with E-state index < -0.39 is 0 Å². The highest BCUT2D eigenvalue weighted by molar-refractivity contribution is 6.07. The highest BCUT2D eigenvalue weighted by Gasteiger charge is 2.14. The molecule has 186 valence electrons. The average molecular weight is 485 g/mol. The lowest BCUT2D eigenvalue weighted by Crippen LogP contribution is -2.34. The molecule has 0 aliphatic rings. The molecule has 2 N–H and O–H groups in total. The topological polar surface area (TPSA) is 75.7 Å². The zero-order valence-corrected chi connectivity index (χ0v) is 21.0. The van der Waals surface area contributed by atoms with Crippen LogP contribution >= 0.6 is 0 Å². The first-order chi connectivity index (χ1) is 17.6. The third kappa shape index (κ3) is 6.31. The molecule has 36 heavy (non-hydrogen) atoms. The number of methoxy groups -OCH3 is 2. The van der Waals surface area contributed by atoms with E-state index in [4.69, 9.17) is 14.5 Å². The van der Waals surface area contributed by atoms with Crippen LogP contribution in [0.25, 0.3) is 10.9 Å². The van der Waals surface area contributed by atoms with Crippen LogP contribution in [0, 0.1) is 0 Å². The molecule has 0 spiro atoms. The van der Waals surface area contributed by atoms with Gasteiger partial charge in [-0.2, -0.15) is 0 Å². The maximum absolute atomic E-state index is 13.2. The second-order valence-electron chi connectivity index (χ2n) is 8.56. The molecule has 0 radical (unpaired) electrons. The number of benzene rings is 3. The third-order valence-electron chi connectivity index (χ3n) is 6.04. The smallest absolute Gasteiger partial charge is 0.252 e. The zero-order chi connectivity index (χ0) is 25.3. The second kappa shape index (κ2) is 12.0. The van der Waals surface area contributed by atoms with E-state index in [1.54, 1.807) is 26.4 Å². The number of aromatic nitrogens is 1. The Labute approximate surface area is 212 Å². The van der Waals surface area contributed by atoms with Gasteiger partial charge in [0.1, 0.15) is 17.3 Å². The van der Waals surface area contributed by atoms with Crippen LogP contribution in [0.2, 0.25) is 0 Å². The number of carbonyl (C=O) groups excluding carboxylic acids is 1. The number of likely N-dealkylation sites (N-methyl/N-ethyl adjacent to an activating group) is 1. The number of rotatable bonds is 11. The normalized spacial score (nSPS) is 10.9. The number of carbonyl (C=O) groups is 1. The molecule has 0 bridgehead atoms. The van der Waals surface area contributed by atoms with E-state index >= 15 is 0 Å². The lowest BCUT2D eigenvalue weighted by molar-refractivity contribution is 0.0951. The lowest BCUT2D eigenvalue weighted by atomic mass is 10.1. The Morgan fingerprint density at radius 2 is 1.69 bits per heavy atom. The van der Waals surface area contributed by atoms with Crippen molar-refractivity contribution in [1.29, 1.82) is 0 Å². The predicted molar refractivity (Wildman–Crippen MR) is 145 cm³/mol. The van der Waals surface area contributed by atoms with Crippen LogP contribution in [0.4, 0.5) is 11.5 Å². The monoisotopic (exact) mass is 484 g/mol. The Morgan fingerprint density at radius 1 is 0.917 bits per heavy atom. The number of ether oxygens (including phenoxy) is 2. The molecule has 0 atom stereocenters. The van der Waals surface area contributed by atoms with Crippen molar-refractivity contribution in [2.45, 2.75) is 6.42 Å². The van der Waals surface area contributed by atoms with Crippen molar-refractivity contribution in [3.8, 4) is 11.5 Å². The first-order valence-corrected chi connectivity index (χ1v) is 12.0. The molecule has 0 aliphatic carbocycles. The van der Waals surface area contributed by atoms with E-state index in [0.29, 0.717) is 29.4 Å². The molecule has 0 saturated carbocycles. The van der Waals surface area contributed by atoms with Gasteiger partial charge in [-0.25, -0.2) is 4.98 Å². The summed E-state index contributed by atoms with van der Waals surface area (Å²) in [6, 6.07) is 25.3. The second-order valence-corrected chi connectivity index (χ2v) is 8.56. The van der Waals surface area contributed by atoms with Crippen LogP contribution in [0.15, 0.2) is 78.9 Å². The largest absolute Gasteiger partial charge is 0.497 e. The molecule has 3 aromatic carbocycles. The molecule has 1 aromatic heterocycles. The van der Waals surface area contributed by atoms with Gasteiger partial charge in [-0.1, -0.05) is 48.5 Å². The summed E-state index contributed by atoms with van der Waals surface area (Å²) in [5, 5.41) is 7.17. The Hall–Kier alpha value is -4.10. The highest BCUT2D eigenvalue weighted by Crippen LogP contribution is 2.32. The molecule has 4 aromatic rings. The van der Waals surface area contributed by atoms with Crippen molar-refractivity contribution in [2.75, 3.05) is 46.2 Å². The average Bonchev–Trinajstić information content (AvgIpc) is 2.92. The van der Waals surface area contributed by atoms with Crippen molar-refractivity contribution in [3.05, 3.63) is 90.0 Å². The number of anilines is 2. The highest BCUT2D eigenvalue weighted by atomic mass is 16.5. The molecule has 0 saturated heterocycles. The third-order valence-corrected chi connectivity index (χ3v) is 6.04. The SMILES string of the molecule is COc1ccc(Nc2cc(C(=O)NCCN(C)CCc3ccccc3)c3ccccc3n2)c(OC)c1. The van der Waals surface area contributed by atoms with Gasteiger partial charge in [-0.05, 0) is 43.3 Å². The van der Waals surface area contributed by atoms with E-state index in [-0.39, 0.29) is 5.91 Å². The van der Waals surface area contributed by atoms with E-state index in [9.17, 15) is 4.79 Å². The summed E-state index contributed by atoms with van der Waals surface area (Å²) in [6.45, 7) is 2.24. The van der Waals surface area contributed by atoms with Gasteiger partial charge in [-0.15, -0.1) is 0 Å². The first kappa shape index (κ1) is 25.0. The van der Waals surface area contributed by atoms with Gasteiger partial charge in [0.15, 0.2) is 0 Å². The Bertz CT molecular complexity index is 1310. The van der Waals surface area contributed by atoms with E-state index in [1.165, 1.54) is 5.56 Å². The number of fused-ring (bicyclic) bond motifs is 1. The van der Waals surface area contributed by atoms with Crippen LogP contribution < -0.4 is 20.1 Å². The first-order valence-electron chi connectivity index (χ1n) is 12.0. The van der Waals surface area contributed by atoms with Gasteiger partial charge < -0.3 is 25.0 Å². The summed E-state index contributed by atoms with van der Waals surface area (Å²) in [4.78, 5) is 20.1. The van der Waals surface area contributed by atoms with Gasteiger partial charge in [0.2, 0.25) is 0 Å². The van der Waals surface area contributed by atoms with Crippen molar-refractivity contribution in [1.82, 2.24) is 15.2 Å². The number of nitrogens with one attached hydrogen (secondary N) is 2. The fraction of sp³-hybridized carbons (Fsp3) is 0.241. The molecule has 7 nitrogen and oxygen atoms in total. The minimum absolute atomic E-state index is 0.130. The predicted octanol–water partition coefficient (Wildman–Crippen LogP) is 4.90. The summed E-state index contributed by atoms with van der Waals surface area (Å²) in [6.07, 6.45) is 0.976. The molecule has 1 heterocycles. The van der Waals surface area contributed by atoms with Crippen molar-refractivity contribution in [2.24, 2.45) is 0 Å². The minimum atomic E-state index is -0.130. The van der Waals surface area contributed by atoms with Crippen molar-refractivity contribution < 1.29 is 14.3 Å². The molecular weight excluding hydrogens is 452 g/mol. The minimum Gasteiger partial charge on any atom is -0.497 e. The van der Waals surface area contributed by atoms with Crippen LogP contribution in [-0.4, -0.2) is 56.7 Å². The van der Waals surface area contributed by atoms with E-state index in [0.717, 1.165) is 36.1 Å². The van der Waals surface area contributed by atoms with E-state index in [1.807, 2.05) is 42.5 Å². The number of pyridine rings is 1. The molecule has 4 rings (SSSR count). The van der Waals surface area contributed by atoms with Gasteiger partial charge in [0, 0.05) is 31.1 Å². The van der Waals surface area contributed by atoms with Crippen molar-refractivity contribution in [3.63, 3.8) is 0 Å². The number of hydrogen-bond acceptors (Lipinski definition) is 6. The van der Waals surface area contributed by atoms with Gasteiger partial charge in [0.25, 0.3) is 5.91 Å². The number of nitrogens with zero attached hydrogens (tertiary/aromatic N) is 2. The molecular formula is C29H32N4O3. The summed E-state index contributed by atoms with van der Waals surface area (Å²) in [5.41, 5.74) is 3.35. The molecule has 1 amide bonds. The summed E-state index contributed by atoms with van der Waals surface area (Å²) >= 11 is 0. The van der Waals surface area contributed by atoms with Crippen LogP contribution in [0.1, 0.15) is 15.9 Å². The standard InChI is InChI=1S/C29H32N4O3/c1-33(17-15-21-9-5-4-6-10-21)18-16-30-29(34)24-20-28(31-25-12-8-7-11-23(24)25)32-26-14-13-22(35-2)19-27(26)36-3/h4-14,19-20H,15-18H2,1-3H3,(H,30,34)(H,31,32). The molecule has 0 fully saturated rings. The Kier molecular flexibility index (Phi) is 8.36. The number of para-hydroxylation sites is 1. The summed E-state index contributed by atoms with van der Waals surface area (Å²) in [5.74, 6) is 1.74. The fourth-order valence-corrected chi connectivity index (χ4v) is 4.00. The quantitative estimate of drug-likeness (QED) is 0.315. The lowest BCUT2D eigenvalue weighted by Gasteiger charge is -2.17. The van der Waals surface area contributed by atoms with Crippen LogP contribution in [0.5, 0.6) is 11.5 Å². The maximum atomic E-state index is 13.2. The molecule has 7 heteroatoms. The summed E-state index contributed by atoms with van der Waals surface area (Å²) in [7, 11) is 5.28. The fourth-order valence-electron chi connectivity index (χ4n) is 4.00. The van der Waals surface area contributed by atoms with Gasteiger partial charge >= 0.3 is 0 Å². The Balaban J connectivity index is 1.45. The number of amides is 1. The van der Waals surface area contributed by atoms with Crippen LogP contribution in [-0.2, 0) is 6.42 Å². The summed E-state index contributed by atoms with van der Waals surface area (Å²) < 4.78 is 10.8. The maximum Gasteiger partial charge on any atom is 0.252 e. The van der Waals surface area contributed by atoms with Crippen LogP contribution in [0.3, 0.4) is 0 Å².